The van der Waals surface area contributed by atoms with Gasteiger partial charge in [-0.25, -0.2) is 0 Å². The molecule has 0 radical (unpaired) electrons. The molecule has 17 aromatic rings. The molecule has 26 rings (SSSR count). The average Bonchev–Trinajstić information content (AvgIpc) is 1.52. The number of rotatable bonds is 15. The first-order chi connectivity index (χ1) is 62.8. The van der Waals surface area contributed by atoms with Gasteiger partial charge < -0.3 is 14.2 Å². The van der Waals surface area contributed by atoms with Crippen LogP contribution in [0.15, 0.2) is 416 Å². The molecule has 4 bridgehead atoms. The van der Waals surface area contributed by atoms with Crippen molar-refractivity contribution in [1.82, 2.24) is 0 Å². The van der Waals surface area contributed by atoms with Crippen molar-refractivity contribution in [3.05, 3.63) is 451 Å². The van der Waals surface area contributed by atoms with E-state index in [1.165, 1.54) is 190 Å². The number of hydrogen-bond acceptors (Lipinski definition) is 4. The summed E-state index contributed by atoms with van der Waals surface area (Å²) < 4.78 is 6.95. The van der Waals surface area contributed by atoms with Crippen LogP contribution < -0.4 is 9.80 Å². The van der Waals surface area contributed by atoms with Gasteiger partial charge in [0, 0.05) is 82.4 Å². The van der Waals surface area contributed by atoms with Gasteiger partial charge in [-0.2, -0.15) is 0 Å². The van der Waals surface area contributed by atoms with E-state index in [0.717, 1.165) is 79.6 Å². The number of anilines is 6. The normalized spacial score (nSPS) is 22.0. The summed E-state index contributed by atoms with van der Waals surface area (Å²) in [6.45, 7) is 2.48. The lowest BCUT2D eigenvalue weighted by molar-refractivity contribution is 0.327. The van der Waals surface area contributed by atoms with Crippen LogP contribution in [0.5, 0.6) is 0 Å². The Hall–Kier alpha value is -13.8. The van der Waals surface area contributed by atoms with Gasteiger partial charge in [0.25, 0.3) is 0 Å². The summed E-state index contributed by atoms with van der Waals surface area (Å²) in [5.74, 6) is 2.90. The molecule has 2 spiro atoms. The van der Waals surface area contributed by atoms with Crippen LogP contribution in [-0.4, -0.2) is 5.25 Å². The predicted octanol–water partition coefficient (Wildman–Crippen LogP) is 33.2. The van der Waals surface area contributed by atoms with Gasteiger partial charge in [0.15, 0.2) is 0 Å². The van der Waals surface area contributed by atoms with Crippen molar-refractivity contribution in [1.29, 1.82) is 0 Å². The molecule has 2 heterocycles. The van der Waals surface area contributed by atoms with Crippen molar-refractivity contribution in [2.75, 3.05) is 9.80 Å². The van der Waals surface area contributed by atoms with Gasteiger partial charge in [0.1, 0.15) is 11.2 Å². The minimum absolute atomic E-state index is 0.00343. The Labute approximate surface area is 748 Å². The quantitative estimate of drug-likeness (QED) is 0.102. The first-order valence-corrected chi connectivity index (χ1v) is 47.1. The van der Waals surface area contributed by atoms with Gasteiger partial charge >= 0.3 is 0 Å². The number of fused-ring (bicyclic) bond motifs is 22. The third-order valence-electron chi connectivity index (χ3n) is 31.4. The highest BCUT2D eigenvalue weighted by atomic mass is 32.2. The second kappa shape index (κ2) is 29.4. The number of allylic oxidation sites excluding steroid dienone is 7. The lowest BCUT2D eigenvalue weighted by atomic mass is 9.66. The van der Waals surface area contributed by atoms with Crippen LogP contribution in [0, 0.1) is 23.7 Å². The molecule has 4 heteroatoms. The number of benzene rings is 16. The first-order valence-electron chi connectivity index (χ1n) is 46.2. The maximum absolute atomic E-state index is 6.95. The van der Waals surface area contributed by atoms with Crippen LogP contribution in [0.25, 0.3) is 122 Å². The van der Waals surface area contributed by atoms with Gasteiger partial charge in [0.05, 0.1) is 17.1 Å². The molecule has 4 saturated carbocycles. The fourth-order valence-corrected chi connectivity index (χ4v) is 27.6. The molecule has 9 atom stereocenters. The molecule has 0 saturated heterocycles. The molecule has 9 unspecified atom stereocenters. The molecule has 1 aromatic heterocycles. The molecular formula is C123H94N2OS. The van der Waals surface area contributed by atoms with Crippen LogP contribution >= 0.6 is 11.8 Å². The summed E-state index contributed by atoms with van der Waals surface area (Å²) in [5, 5.41) is 2.37. The standard InChI is InChI=1S/C123H94N2OS/c1-121(108-51-17-10-36-89(108)80-30-4-2-5-31-80)69-25-24-52-109(121)106-44-15-22-57-116(106)124(87-64-67-97-95-39-11-18-53-110(95)122(112(97)74-87)76-78-59-62-84(122)70-78)86-35-26-34-82(72-86)90-45-27-49-104-105-50-28-46-91(120(105)127-119(90)104)83-61-66-94(107(73-83)81-32-6-3-7-33-81)92-37-8-9-38-93(92)99-41-13-20-55-114(99)125(115-56-21-14-42-100(115)102-47-29-48-103-101-43-16-23-58-117(101)126-118(102)103)88-65-68-98-96-40-12-19-54-111(96)123(113(98)75-88)77-79-60-63-85(123)71-79/h2-58,61,64-68,72-75,78-79,84-85,105,120H,59-60,62-63,69-71,76-77H2,1H3. The summed E-state index contributed by atoms with van der Waals surface area (Å²) in [6, 6.07) is 141. The Kier molecular flexibility index (Phi) is 17.3. The van der Waals surface area contributed by atoms with E-state index in [-0.39, 0.29) is 27.4 Å². The molecule has 608 valence electrons. The Balaban J connectivity index is 0.583. The Morgan fingerprint density at radius 2 is 0.819 bits per heavy atom. The van der Waals surface area contributed by atoms with Crippen LogP contribution in [0.2, 0.25) is 0 Å². The Morgan fingerprint density at radius 3 is 1.48 bits per heavy atom. The first kappa shape index (κ1) is 74.6. The van der Waals surface area contributed by atoms with E-state index < -0.39 is 0 Å². The largest absolute Gasteiger partial charge is 0.455 e. The van der Waals surface area contributed by atoms with E-state index in [4.69, 9.17) is 4.42 Å². The van der Waals surface area contributed by atoms with Crippen molar-refractivity contribution in [2.24, 2.45) is 23.7 Å². The zero-order chi connectivity index (χ0) is 83.6. The zero-order valence-corrected chi connectivity index (χ0v) is 72.0. The van der Waals surface area contributed by atoms with Crippen molar-refractivity contribution in [3.63, 3.8) is 0 Å². The number of furan rings is 1. The second-order valence-corrected chi connectivity index (χ2v) is 38.8. The van der Waals surface area contributed by atoms with E-state index in [1.807, 2.05) is 0 Å². The minimum atomic E-state index is -0.354. The van der Waals surface area contributed by atoms with Crippen molar-refractivity contribution in [2.45, 2.75) is 97.0 Å². The Bertz CT molecular complexity index is 7520. The van der Waals surface area contributed by atoms with Crippen LogP contribution in [0.4, 0.5) is 34.1 Å². The third kappa shape index (κ3) is 11.4. The van der Waals surface area contributed by atoms with Crippen molar-refractivity contribution < 1.29 is 4.42 Å². The van der Waals surface area contributed by atoms with Gasteiger partial charge in [0.2, 0.25) is 0 Å². The molecule has 9 aliphatic rings. The van der Waals surface area contributed by atoms with Crippen LogP contribution in [-0.2, 0) is 16.2 Å². The average molecular weight is 1650 g/mol. The van der Waals surface area contributed by atoms with Crippen molar-refractivity contribution in [3.8, 4) is 89.0 Å². The smallest absolute Gasteiger partial charge is 0.143 e. The van der Waals surface area contributed by atoms with Crippen molar-refractivity contribution >= 4 is 79.0 Å². The molecule has 0 amide bonds. The monoisotopic (exact) mass is 1650 g/mol. The SMILES string of the molecule is CC1(c2ccccc2-c2ccccc2)CC=CC=C1c1ccccc1N(c1cccc(-c2cccc3c2SC2C(c4ccc(-c5ccccc5-c5ccccc5N(c5ccc6c(c5)C5(CC7CCC5C7)c5ccccc5-6)c5ccccc5-c5cccc6c5oc5ccccc56)c(-c5ccccc5)c4)=CC=CC32)c1)c1ccc2c(c1)C1(CC3CCC1C3)c1ccccc1-2. The molecule has 16 aromatic carbocycles. The second-order valence-electron chi connectivity index (χ2n) is 37.6. The summed E-state index contributed by atoms with van der Waals surface area (Å²) >= 11 is 2.05. The summed E-state index contributed by atoms with van der Waals surface area (Å²) in [4.78, 5) is 6.59. The molecule has 4 fully saturated rings. The van der Waals surface area contributed by atoms with Gasteiger partial charge in [-0.05, 0) is 258 Å². The maximum atomic E-state index is 6.95. The highest BCUT2D eigenvalue weighted by Crippen LogP contribution is 2.69. The molecule has 0 N–H and O–H groups in total. The highest BCUT2D eigenvalue weighted by molar-refractivity contribution is 8.01. The third-order valence-corrected chi connectivity index (χ3v) is 32.9. The molecule has 1 aliphatic heterocycles. The topological polar surface area (TPSA) is 19.6 Å². The fraction of sp³-hybridized carbons (Fsp3) is 0.154. The molecule has 8 aliphatic carbocycles. The van der Waals surface area contributed by atoms with E-state index in [1.54, 1.807) is 5.56 Å². The van der Waals surface area contributed by atoms with Gasteiger partial charge in [-0.15, -0.1) is 11.8 Å². The van der Waals surface area contributed by atoms with Crippen LogP contribution in [0.1, 0.15) is 115 Å². The summed E-state index contributed by atoms with van der Waals surface area (Å²) in [7, 11) is 0. The summed E-state index contributed by atoms with van der Waals surface area (Å²) in [5.41, 5.74) is 42.1. The molecule has 127 heavy (non-hydrogen) atoms. The minimum Gasteiger partial charge on any atom is -0.455 e. The van der Waals surface area contributed by atoms with Gasteiger partial charge in [-0.1, -0.05) is 360 Å². The summed E-state index contributed by atoms with van der Waals surface area (Å²) in [6.07, 6.45) is 25.5. The van der Waals surface area contributed by atoms with Crippen LogP contribution in [0.3, 0.4) is 0 Å². The zero-order valence-electron chi connectivity index (χ0n) is 71.2. The predicted molar refractivity (Wildman–Crippen MR) is 531 cm³/mol. The number of thioether (sulfide) groups is 1. The Morgan fingerprint density at radius 1 is 0.331 bits per heavy atom. The molecular weight excluding hydrogens is 1550 g/mol. The lowest BCUT2D eigenvalue weighted by Crippen LogP contribution is -2.32. The lowest BCUT2D eigenvalue weighted by Gasteiger charge is -2.39. The number of nitrogens with zero attached hydrogens (tertiary/aromatic N) is 2. The number of hydrogen-bond donors (Lipinski definition) is 0. The number of para-hydroxylation sites is 5. The van der Waals surface area contributed by atoms with E-state index >= 15 is 0 Å². The fourth-order valence-electron chi connectivity index (χ4n) is 26.0. The van der Waals surface area contributed by atoms with E-state index in [0.29, 0.717) is 11.8 Å². The highest BCUT2D eigenvalue weighted by Gasteiger charge is 2.59. The van der Waals surface area contributed by atoms with E-state index in [9.17, 15) is 0 Å². The molecule has 3 nitrogen and oxygen atoms in total. The van der Waals surface area contributed by atoms with Gasteiger partial charge in [-0.3, -0.25) is 0 Å². The van der Waals surface area contributed by atoms with E-state index in [2.05, 4.69) is 435 Å². The maximum Gasteiger partial charge on any atom is 0.143 e.